The molecule has 0 aromatic heterocycles. The van der Waals surface area contributed by atoms with Crippen molar-refractivity contribution in [3.63, 3.8) is 0 Å². The number of esters is 2. The van der Waals surface area contributed by atoms with Crippen LogP contribution in [0.15, 0.2) is 60.8 Å². The molecule has 0 saturated carbocycles. The van der Waals surface area contributed by atoms with E-state index in [2.05, 4.69) is 67.0 Å². The number of carbonyl (C=O) groups excluding carboxylic acids is 2. The molecule has 310 valence electrons. The van der Waals surface area contributed by atoms with Gasteiger partial charge in [0.05, 0.1) is 13.2 Å². The molecule has 0 aromatic carbocycles. The van der Waals surface area contributed by atoms with Gasteiger partial charge in [-0.15, -0.1) is 0 Å². The van der Waals surface area contributed by atoms with Gasteiger partial charge in [-0.25, -0.2) is 4.57 Å². The molecule has 11 nitrogen and oxygen atoms in total. The predicted octanol–water partition coefficient (Wildman–Crippen LogP) is 10.4. The predicted molar refractivity (Wildman–Crippen MR) is 217 cm³/mol. The Bertz CT molecular complexity index is 1150. The van der Waals surface area contributed by atoms with Gasteiger partial charge in [0.15, 0.2) is 6.10 Å². The summed E-state index contributed by atoms with van der Waals surface area (Å²) in [6.45, 7) is 2.61. The van der Waals surface area contributed by atoms with Gasteiger partial charge in [-0.1, -0.05) is 152 Å². The molecule has 0 aromatic rings. The molecular weight excluding hydrogens is 709 g/mol. The van der Waals surface area contributed by atoms with Gasteiger partial charge < -0.3 is 25.2 Å². The third-order valence-electron chi connectivity index (χ3n) is 8.28. The fraction of sp³-hybridized carbons (Fsp3) is 0.690. The zero-order valence-corrected chi connectivity index (χ0v) is 34.2. The number of carbonyl (C=O) groups is 3. The third kappa shape index (κ3) is 36.2. The number of hydrogen-bond acceptors (Lipinski definition) is 9. The first kappa shape index (κ1) is 51.2. The maximum atomic E-state index is 12.6. The molecular formula is C42H72NO10P. The minimum absolute atomic E-state index is 0.142. The molecule has 0 heterocycles. The Morgan fingerprint density at radius 1 is 0.593 bits per heavy atom. The fourth-order valence-corrected chi connectivity index (χ4v) is 5.88. The van der Waals surface area contributed by atoms with E-state index in [1.165, 1.54) is 57.8 Å². The highest BCUT2D eigenvalue weighted by atomic mass is 31.2. The molecule has 0 saturated heterocycles. The zero-order chi connectivity index (χ0) is 40.0. The normalized spacial score (nSPS) is 14.4. The highest BCUT2D eigenvalue weighted by Crippen LogP contribution is 2.43. The van der Waals surface area contributed by atoms with Gasteiger partial charge in [-0.05, 0) is 51.4 Å². The largest absolute Gasteiger partial charge is 0.480 e. The molecule has 4 N–H and O–H groups in total. The second-order valence-electron chi connectivity index (χ2n) is 13.4. The van der Waals surface area contributed by atoms with Crippen LogP contribution in [-0.2, 0) is 37.5 Å². The van der Waals surface area contributed by atoms with Crippen molar-refractivity contribution >= 4 is 25.7 Å². The standard InChI is InChI=1S/C42H72NO10P/c1-3-5-7-9-11-13-15-17-18-19-20-22-23-25-27-29-31-33-40(44)50-35-38(36-51-54(48,49)52-37-39(43)42(46)47)53-41(45)34-32-30-28-26-24-21-16-14-12-10-8-6-4-2/h5,7,11,13,17-18,20,22,25,27,38-39H,3-4,6,8-10,12,14-16,19,21,23-24,26,28-37,43H2,1-2H3,(H,46,47)(H,48,49)/b7-5+,13-11+,18-17+,22-20+,27-25+/t38-,39+/m1/s1. The topological polar surface area (TPSA) is 172 Å². The number of phosphoric ester groups is 1. The number of allylic oxidation sites excluding steroid dienone is 10. The Balaban J connectivity index is 4.50. The Morgan fingerprint density at radius 2 is 1.04 bits per heavy atom. The summed E-state index contributed by atoms with van der Waals surface area (Å²) in [6.07, 6.45) is 41.5. The quantitative estimate of drug-likeness (QED) is 0.0237. The molecule has 0 bridgehead atoms. The van der Waals surface area contributed by atoms with Gasteiger partial charge in [0.1, 0.15) is 12.6 Å². The summed E-state index contributed by atoms with van der Waals surface area (Å²) in [7, 11) is -4.73. The van der Waals surface area contributed by atoms with Crippen molar-refractivity contribution in [3.05, 3.63) is 60.8 Å². The van der Waals surface area contributed by atoms with Crippen LogP contribution < -0.4 is 5.73 Å². The molecule has 0 fully saturated rings. The van der Waals surface area contributed by atoms with Crippen LogP contribution in [0.5, 0.6) is 0 Å². The number of unbranched alkanes of at least 4 members (excludes halogenated alkanes) is 13. The first-order valence-electron chi connectivity index (χ1n) is 20.3. The maximum absolute atomic E-state index is 12.6. The Morgan fingerprint density at radius 3 is 1.54 bits per heavy atom. The third-order valence-corrected chi connectivity index (χ3v) is 9.23. The Labute approximate surface area is 326 Å². The van der Waals surface area contributed by atoms with Crippen molar-refractivity contribution < 1.29 is 47.5 Å². The molecule has 0 aliphatic heterocycles. The number of carboxylic acid groups (broad SMARTS) is 1. The van der Waals surface area contributed by atoms with Gasteiger partial charge in [0, 0.05) is 12.8 Å². The summed E-state index contributed by atoms with van der Waals surface area (Å²) >= 11 is 0. The SMILES string of the molecule is CC/C=C/C/C=C/C/C=C/C/C=C/C/C=C/CCCC(=O)OC[C@H](COP(=O)(O)OC[C@H](N)C(=O)O)OC(=O)CCCCCCCCCCCCCCC. The summed E-state index contributed by atoms with van der Waals surface area (Å²) in [5, 5.41) is 8.87. The minimum Gasteiger partial charge on any atom is -0.480 e. The molecule has 0 aliphatic carbocycles. The average molecular weight is 782 g/mol. The number of nitrogens with two attached hydrogens (primary N) is 1. The van der Waals surface area contributed by atoms with E-state index in [0.29, 0.717) is 19.3 Å². The lowest BCUT2D eigenvalue weighted by molar-refractivity contribution is -0.161. The number of phosphoric acid groups is 1. The van der Waals surface area contributed by atoms with Crippen LogP contribution in [0.4, 0.5) is 0 Å². The van der Waals surface area contributed by atoms with E-state index in [9.17, 15) is 23.8 Å². The van der Waals surface area contributed by atoms with Crippen LogP contribution in [0.3, 0.4) is 0 Å². The van der Waals surface area contributed by atoms with E-state index >= 15 is 0 Å². The van der Waals surface area contributed by atoms with Crippen molar-refractivity contribution in [1.82, 2.24) is 0 Å². The monoisotopic (exact) mass is 781 g/mol. The highest BCUT2D eigenvalue weighted by molar-refractivity contribution is 7.47. The van der Waals surface area contributed by atoms with Crippen LogP contribution in [0.1, 0.15) is 155 Å². The smallest absolute Gasteiger partial charge is 0.472 e. The van der Waals surface area contributed by atoms with Crippen molar-refractivity contribution in [2.45, 2.75) is 167 Å². The van der Waals surface area contributed by atoms with Crippen molar-refractivity contribution in [3.8, 4) is 0 Å². The average Bonchev–Trinajstić information content (AvgIpc) is 3.14. The summed E-state index contributed by atoms with van der Waals surface area (Å²) in [6, 6.07) is -1.53. The number of aliphatic carboxylic acids is 1. The van der Waals surface area contributed by atoms with Gasteiger partial charge in [-0.2, -0.15) is 0 Å². The van der Waals surface area contributed by atoms with E-state index in [0.717, 1.165) is 51.4 Å². The second-order valence-corrected chi connectivity index (χ2v) is 14.8. The van der Waals surface area contributed by atoms with Crippen LogP contribution in [-0.4, -0.2) is 59.9 Å². The summed E-state index contributed by atoms with van der Waals surface area (Å²) in [5.41, 5.74) is 5.32. The molecule has 1 unspecified atom stereocenters. The molecule has 0 aliphatic rings. The van der Waals surface area contributed by atoms with E-state index in [-0.39, 0.29) is 19.4 Å². The van der Waals surface area contributed by atoms with Crippen molar-refractivity contribution in [2.24, 2.45) is 5.73 Å². The molecule has 12 heteroatoms. The first-order chi connectivity index (χ1) is 26.1. The summed E-state index contributed by atoms with van der Waals surface area (Å²) in [5.74, 6) is -2.46. The molecule has 0 radical (unpaired) electrons. The number of carboxylic acids is 1. The molecule has 54 heavy (non-hydrogen) atoms. The van der Waals surface area contributed by atoms with E-state index in [1.54, 1.807) is 0 Å². The lowest BCUT2D eigenvalue weighted by atomic mass is 10.0. The zero-order valence-electron chi connectivity index (χ0n) is 33.3. The van der Waals surface area contributed by atoms with Crippen LogP contribution in [0.25, 0.3) is 0 Å². The first-order valence-corrected chi connectivity index (χ1v) is 21.8. The lowest BCUT2D eigenvalue weighted by Gasteiger charge is -2.20. The minimum atomic E-state index is -4.73. The van der Waals surface area contributed by atoms with Crippen molar-refractivity contribution in [1.29, 1.82) is 0 Å². The van der Waals surface area contributed by atoms with Crippen LogP contribution >= 0.6 is 7.82 Å². The fourth-order valence-electron chi connectivity index (χ4n) is 5.10. The van der Waals surface area contributed by atoms with Gasteiger partial charge in [0.25, 0.3) is 0 Å². The molecule has 3 atom stereocenters. The van der Waals surface area contributed by atoms with Gasteiger partial charge in [-0.3, -0.25) is 23.4 Å². The van der Waals surface area contributed by atoms with Gasteiger partial charge >= 0.3 is 25.7 Å². The van der Waals surface area contributed by atoms with E-state index in [1.807, 2.05) is 12.2 Å². The van der Waals surface area contributed by atoms with E-state index < -0.39 is 51.1 Å². The number of hydrogen-bond donors (Lipinski definition) is 3. The summed E-state index contributed by atoms with van der Waals surface area (Å²) < 4.78 is 32.6. The van der Waals surface area contributed by atoms with Crippen LogP contribution in [0.2, 0.25) is 0 Å². The van der Waals surface area contributed by atoms with E-state index in [4.69, 9.17) is 24.8 Å². The Hall–Kier alpha value is -2.82. The number of ether oxygens (including phenoxy) is 2. The highest BCUT2D eigenvalue weighted by Gasteiger charge is 2.28. The van der Waals surface area contributed by atoms with Gasteiger partial charge in [0.2, 0.25) is 0 Å². The molecule has 0 rings (SSSR count). The second kappa shape index (κ2) is 37.1. The van der Waals surface area contributed by atoms with Crippen LogP contribution in [0, 0.1) is 0 Å². The van der Waals surface area contributed by atoms with Crippen molar-refractivity contribution in [2.75, 3.05) is 19.8 Å². The maximum Gasteiger partial charge on any atom is 0.472 e. The summed E-state index contributed by atoms with van der Waals surface area (Å²) in [4.78, 5) is 45.8. The lowest BCUT2D eigenvalue weighted by Crippen LogP contribution is -2.34. The number of rotatable bonds is 37. The molecule has 0 spiro atoms. The Kier molecular flexibility index (Phi) is 35.2. The molecule has 0 amide bonds.